The lowest BCUT2D eigenvalue weighted by atomic mass is 10.0. The van der Waals surface area contributed by atoms with Crippen LogP contribution in [0.5, 0.6) is 0 Å². The van der Waals surface area contributed by atoms with E-state index in [1.54, 1.807) is 0 Å². The van der Waals surface area contributed by atoms with Crippen LogP contribution in [-0.4, -0.2) is 0 Å². The predicted octanol–water partition coefficient (Wildman–Crippen LogP) is 5.16. The zero-order valence-electron chi connectivity index (χ0n) is 13.0. The quantitative estimate of drug-likeness (QED) is 0.668. The molecule has 0 unspecified atom stereocenters. The maximum atomic E-state index is 3.98. The van der Waals surface area contributed by atoms with E-state index in [-0.39, 0.29) is 0 Å². The third-order valence-corrected chi connectivity index (χ3v) is 3.23. The molecule has 0 N–H and O–H groups in total. The molecule has 0 fully saturated rings. The van der Waals surface area contributed by atoms with Gasteiger partial charge in [-0.1, -0.05) is 61.4 Å². The van der Waals surface area contributed by atoms with Gasteiger partial charge in [-0.3, -0.25) is 0 Å². The summed E-state index contributed by atoms with van der Waals surface area (Å²) in [5.74, 6) is 12.1. The second-order valence-corrected chi connectivity index (χ2v) is 5.15. The Balaban J connectivity index is 2.31. The highest BCUT2D eigenvalue weighted by Gasteiger charge is 1.99. The molecule has 0 saturated heterocycles. The van der Waals surface area contributed by atoms with Crippen LogP contribution in [0.1, 0.15) is 36.1 Å². The Hall–Kier alpha value is -2.96. The molecule has 0 amide bonds. The van der Waals surface area contributed by atoms with Crippen molar-refractivity contribution in [3.05, 3.63) is 83.9 Å². The van der Waals surface area contributed by atoms with Crippen molar-refractivity contribution >= 4 is 11.1 Å². The van der Waals surface area contributed by atoms with E-state index in [1.807, 2.05) is 62.4 Å². The largest absolute Gasteiger partial charge is 0.0955 e. The molecule has 0 heteroatoms. The smallest absolute Gasteiger partial charge is 0.0330 e. The van der Waals surface area contributed by atoms with Gasteiger partial charge in [-0.25, -0.2) is 0 Å². The lowest BCUT2D eigenvalue weighted by Crippen LogP contribution is -1.85. The molecule has 0 aliphatic heterocycles. The summed E-state index contributed by atoms with van der Waals surface area (Å²) < 4.78 is 0. The third kappa shape index (κ3) is 3.78. The predicted molar refractivity (Wildman–Crippen MR) is 96.1 cm³/mol. The average molecular weight is 282 g/mol. The molecule has 0 saturated carbocycles. The van der Waals surface area contributed by atoms with E-state index in [2.05, 4.69) is 36.8 Å². The van der Waals surface area contributed by atoms with Crippen molar-refractivity contribution in [3.63, 3.8) is 0 Å². The Kier molecular flexibility index (Phi) is 5.02. The fraction of sp³-hybridized carbons (Fsp3) is 0.0909. The summed E-state index contributed by atoms with van der Waals surface area (Å²) in [5, 5.41) is 0. The summed E-state index contributed by atoms with van der Waals surface area (Å²) in [7, 11) is 0. The van der Waals surface area contributed by atoms with Crippen molar-refractivity contribution in [2.24, 2.45) is 0 Å². The molecule has 0 aliphatic carbocycles. The molecule has 0 aromatic heterocycles. The van der Waals surface area contributed by atoms with E-state index in [4.69, 9.17) is 0 Å². The van der Waals surface area contributed by atoms with Crippen LogP contribution in [0.25, 0.3) is 11.1 Å². The van der Waals surface area contributed by atoms with Crippen molar-refractivity contribution < 1.29 is 0 Å². The molecule has 2 aromatic carbocycles. The molecule has 22 heavy (non-hydrogen) atoms. The molecule has 2 aromatic rings. The monoisotopic (exact) mass is 282 g/mol. The minimum atomic E-state index is 0.956. The summed E-state index contributed by atoms with van der Waals surface area (Å²) in [5.41, 5.74) is 6.06. The van der Waals surface area contributed by atoms with Gasteiger partial charge in [-0.2, -0.15) is 0 Å². The minimum absolute atomic E-state index is 0.956. The normalized spacial score (nSPS) is 9.00. The highest BCUT2D eigenvalue weighted by atomic mass is 14.0. The van der Waals surface area contributed by atoms with Gasteiger partial charge in [0.05, 0.1) is 0 Å². The standard InChI is InChI=1S/C22H18/c1-17(2)21-15-9-7-13-19(21)11-5-6-12-20-14-8-10-16-22(20)18(3)4/h7-10,13-16H,1,3H2,2,4H3. The lowest BCUT2D eigenvalue weighted by molar-refractivity contribution is 1.53. The average Bonchev–Trinajstić information content (AvgIpc) is 2.52. The SMILES string of the molecule is C=C(C)c1ccccc1C#CC#Cc1ccccc1C(=C)C. The molecule has 0 spiro atoms. The fourth-order valence-corrected chi connectivity index (χ4v) is 2.13. The van der Waals surface area contributed by atoms with E-state index in [1.165, 1.54) is 0 Å². The molecule has 106 valence electrons. The van der Waals surface area contributed by atoms with Crippen LogP contribution < -0.4 is 0 Å². The number of hydrogen-bond acceptors (Lipinski definition) is 0. The van der Waals surface area contributed by atoms with Crippen molar-refractivity contribution in [2.45, 2.75) is 13.8 Å². The Labute approximate surface area is 133 Å². The van der Waals surface area contributed by atoms with Crippen LogP contribution >= 0.6 is 0 Å². The van der Waals surface area contributed by atoms with Gasteiger partial charge in [0, 0.05) is 11.1 Å². The van der Waals surface area contributed by atoms with E-state index in [0.717, 1.165) is 33.4 Å². The molecule has 2 rings (SSSR count). The second-order valence-electron chi connectivity index (χ2n) is 5.15. The number of allylic oxidation sites excluding steroid dienone is 2. The summed E-state index contributed by atoms with van der Waals surface area (Å²) in [6.45, 7) is 11.9. The highest BCUT2D eigenvalue weighted by Crippen LogP contribution is 2.16. The number of rotatable bonds is 2. The second kappa shape index (κ2) is 7.16. The maximum absolute atomic E-state index is 3.98. The molecule has 0 heterocycles. The Morgan fingerprint density at radius 3 is 1.41 bits per heavy atom. The van der Waals surface area contributed by atoms with E-state index in [9.17, 15) is 0 Å². The molecule has 0 atom stereocenters. The molecule has 0 aliphatic rings. The van der Waals surface area contributed by atoms with Crippen molar-refractivity contribution in [3.8, 4) is 23.7 Å². The summed E-state index contributed by atoms with van der Waals surface area (Å²) >= 11 is 0. The van der Waals surface area contributed by atoms with Crippen LogP contribution in [0.15, 0.2) is 61.7 Å². The fourth-order valence-electron chi connectivity index (χ4n) is 2.13. The van der Waals surface area contributed by atoms with Gasteiger partial charge >= 0.3 is 0 Å². The Bertz CT molecular complexity index is 769. The molecule has 0 bridgehead atoms. The number of benzene rings is 2. The summed E-state index contributed by atoms with van der Waals surface area (Å²) in [4.78, 5) is 0. The zero-order valence-corrected chi connectivity index (χ0v) is 13.0. The van der Waals surface area contributed by atoms with Crippen LogP contribution in [0.2, 0.25) is 0 Å². The molecule has 0 nitrogen and oxygen atoms in total. The van der Waals surface area contributed by atoms with E-state index in [0.29, 0.717) is 0 Å². The van der Waals surface area contributed by atoms with Crippen molar-refractivity contribution in [1.29, 1.82) is 0 Å². The summed E-state index contributed by atoms with van der Waals surface area (Å²) in [6, 6.07) is 15.9. The van der Waals surface area contributed by atoms with Gasteiger partial charge in [-0.05, 0) is 60.1 Å². The van der Waals surface area contributed by atoms with Gasteiger partial charge < -0.3 is 0 Å². The first kappa shape index (κ1) is 15.4. The van der Waals surface area contributed by atoms with Crippen LogP contribution in [-0.2, 0) is 0 Å². The number of hydrogen-bond donors (Lipinski definition) is 0. The third-order valence-electron chi connectivity index (χ3n) is 3.23. The van der Waals surface area contributed by atoms with Crippen LogP contribution in [0.3, 0.4) is 0 Å². The van der Waals surface area contributed by atoms with Gasteiger partial charge in [-0.15, -0.1) is 0 Å². The van der Waals surface area contributed by atoms with Crippen molar-refractivity contribution in [1.82, 2.24) is 0 Å². The molecule has 0 radical (unpaired) electrons. The zero-order chi connectivity index (χ0) is 15.9. The molecular weight excluding hydrogens is 264 g/mol. The Morgan fingerprint density at radius 2 is 1.05 bits per heavy atom. The van der Waals surface area contributed by atoms with Gasteiger partial charge in [0.2, 0.25) is 0 Å². The first-order valence-corrected chi connectivity index (χ1v) is 7.11. The van der Waals surface area contributed by atoms with Gasteiger partial charge in [0.1, 0.15) is 0 Å². The topological polar surface area (TPSA) is 0 Å². The van der Waals surface area contributed by atoms with Crippen molar-refractivity contribution in [2.75, 3.05) is 0 Å². The summed E-state index contributed by atoms with van der Waals surface area (Å²) in [6.07, 6.45) is 0. The molecular formula is C22H18. The van der Waals surface area contributed by atoms with E-state index < -0.39 is 0 Å². The van der Waals surface area contributed by atoms with Gasteiger partial charge in [0.15, 0.2) is 0 Å². The highest BCUT2D eigenvalue weighted by molar-refractivity contribution is 5.69. The van der Waals surface area contributed by atoms with E-state index >= 15 is 0 Å². The maximum Gasteiger partial charge on any atom is 0.0330 e. The first-order chi connectivity index (χ1) is 10.6. The Morgan fingerprint density at radius 1 is 0.682 bits per heavy atom. The lowest BCUT2D eigenvalue weighted by Gasteiger charge is -2.02. The van der Waals surface area contributed by atoms with Gasteiger partial charge in [0.25, 0.3) is 0 Å². The van der Waals surface area contributed by atoms with Crippen LogP contribution in [0.4, 0.5) is 0 Å². The minimum Gasteiger partial charge on any atom is -0.0955 e. The first-order valence-electron chi connectivity index (χ1n) is 7.11. The van der Waals surface area contributed by atoms with Crippen LogP contribution in [0, 0.1) is 23.7 Å².